The Morgan fingerprint density at radius 2 is 1.88 bits per heavy atom. The largest absolute Gasteiger partial charge is 0.468 e. The van der Waals surface area contributed by atoms with Gasteiger partial charge in [-0.1, -0.05) is 60.7 Å². The summed E-state index contributed by atoms with van der Waals surface area (Å²) < 4.78 is 5.13. The zero-order valence-electron chi connectivity index (χ0n) is 13.9. The van der Waals surface area contributed by atoms with Crippen molar-refractivity contribution in [1.29, 1.82) is 0 Å². The topological polar surface area (TPSA) is 46.5 Å². The van der Waals surface area contributed by atoms with E-state index in [1.54, 1.807) is 6.08 Å². The van der Waals surface area contributed by atoms with Crippen LogP contribution in [-0.4, -0.2) is 18.2 Å². The molecule has 24 heavy (non-hydrogen) atoms. The second kappa shape index (κ2) is 6.25. The molecule has 0 saturated carbocycles. The number of rotatable bonds is 4. The van der Waals surface area contributed by atoms with Crippen molar-refractivity contribution in [3.63, 3.8) is 0 Å². The van der Waals surface area contributed by atoms with E-state index in [0.29, 0.717) is 24.8 Å². The molecule has 1 N–H and O–H groups in total. The van der Waals surface area contributed by atoms with E-state index in [9.17, 15) is 9.90 Å². The quantitative estimate of drug-likeness (QED) is 0.691. The Kier molecular flexibility index (Phi) is 4.29. The van der Waals surface area contributed by atoms with Crippen molar-refractivity contribution < 1.29 is 14.6 Å². The number of benzene rings is 2. The summed E-state index contributed by atoms with van der Waals surface area (Å²) in [7, 11) is 1.37. The first-order valence-electron chi connectivity index (χ1n) is 8.16. The molecular weight excluding hydrogens is 300 g/mol. The fourth-order valence-corrected chi connectivity index (χ4v) is 4.01. The van der Waals surface area contributed by atoms with Crippen LogP contribution < -0.4 is 0 Å². The van der Waals surface area contributed by atoms with Gasteiger partial charge in [-0.05, 0) is 36.0 Å². The first-order chi connectivity index (χ1) is 11.6. The molecule has 124 valence electrons. The highest BCUT2D eigenvalue weighted by atomic mass is 16.5. The molecule has 1 aliphatic carbocycles. The summed E-state index contributed by atoms with van der Waals surface area (Å²) in [6.45, 7) is 3.81. The Labute approximate surface area is 142 Å². The lowest BCUT2D eigenvalue weighted by Crippen LogP contribution is -2.55. The number of allylic oxidation sites excluding steroid dienone is 1. The molecule has 2 aromatic rings. The van der Waals surface area contributed by atoms with Crippen LogP contribution in [0.25, 0.3) is 0 Å². The molecular formula is C21H22O3. The number of aliphatic hydroxyl groups is 1. The number of aryl methyl sites for hydroxylation is 1. The molecule has 1 aliphatic rings. The molecule has 0 amide bonds. The monoisotopic (exact) mass is 322 g/mol. The predicted molar refractivity (Wildman–Crippen MR) is 93.5 cm³/mol. The van der Waals surface area contributed by atoms with Crippen molar-refractivity contribution in [2.45, 2.75) is 24.9 Å². The van der Waals surface area contributed by atoms with Crippen LogP contribution in [0.2, 0.25) is 0 Å². The van der Waals surface area contributed by atoms with Crippen LogP contribution in [-0.2, 0) is 21.6 Å². The van der Waals surface area contributed by atoms with Gasteiger partial charge in [-0.3, -0.25) is 4.79 Å². The van der Waals surface area contributed by atoms with Gasteiger partial charge in [0.2, 0.25) is 0 Å². The highest BCUT2D eigenvalue weighted by Crippen LogP contribution is 2.55. The Morgan fingerprint density at radius 1 is 1.21 bits per heavy atom. The molecule has 2 atom stereocenters. The van der Waals surface area contributed by atoms with Crippen molar-refractivity contribution in [1.82, 2.24) is 0 Å². The molecule has 0 unspecified atom stereocenters. The Hall–Kier alpha value is -2.39. The van der Waals surface area contributed by atoms with Crippen molar-refractivity contribution in [2.24, 2.45) is 5.41 Å². The number of methoxy groups -OCH3 is 1. The van der Waals surface area contributed by atoms with Crippen molar-refractivity contribution >= 4 is 5.97 Å². The third kappa shape index (κ3) is 2.20. The summed E-state index contributed by atoms with van der Waals surface area (Å²) in [4.78, 5) is 12.8. The van der Waals surface area contributed by atoms with E-state index in [1.807, 2.05) is 54.6 Å². The second-order valence-corrected chi connectivity index (χ2v) is 6.30. The molecule has 2 aromatic carbocycles. The van der Waals surface area contributed by atoms with Gasteiger partial charge in [-0.25, -0.2) is 0 Å². The van der Waals surface area contributed by atoms with Crippen LogP contribution >= 0.6 is 0 Å². The number of carbonyl (C=O) groups is 1. The van der Waals surface area contributed by atoms with Crippen LogP contribution in [0.4, 0.5) is 0 Å². The maximum atomic E-state index is 12.8. The first-order valence-corrected chi connectivity index (χ1v) is 8.16. The highest BCUT2D eigenvalue weighted by Gasteiger charge is 2.59. The number of hydrogen-bond donors (Lipinski definition) is 1. The molecule has 0 radical (unpaired) electrons. The summed E-state index contributed by atoms with van der Waals surface area (Å²) in [5.41, 5.74) is -0.00427. The van der Waals surface area contributed by atoms with E-state index < -0.39 is 17.0 Å². The molecule has 3 heteroatoms. The van der Waals surface area contributed by atoms with Gasteiger partial charge in [0.15, 0.2) is 0 Å². The van der Waals surface area contributed by atoms with E-state index in [1.165, 1.54) is 7.11 Å². The third-order valence-electron chi connectivity index (χ3n) is 5.18. The number of hydrogen-bond acceptors (Lipinski definition) is 3. The Morgan fingerprint density at radius 3 is 2.54 bits per heavy atom. The van der Waals surface area contributed by atoms with E-state index in [-0.39, 0.29) is 0 Å². The molecule has 3 rings (SSSR count). The van der Waals surface area contributed by atoms with Crippen molar-refractivity contribution in [3.8, 4) is 0 Å². The number of carbonyl (C=O) groups excluding carboxylic acids is 1. The van der Waals surface area contributed by atoms with Crippen LogP contribution in [0.3, 0.4) is 0 Å². The van der Waals surface area contributed by atoms with Crippen LogP contribution in [0, 0.1) is 5.41 Å². The standard InChI is InChI=1S/C21H22O3/c1-3-14-20(19(22)24-2)15-13-16-9-7-8-12-18(16)21(20,23)17-10-5-4-6-11-17/h3-12,23H,1,13-15H2,2H3/t20-,21+/m1/s1. The SMILES string of the molecule is C=CC[C@]1(C(=O)OC)CCc2ccccc2[C@@]1(O)c1ccccc1. The lowest BCUT2D eigenvalue weighted by molar-refractivity contribution is -0.172. The lowest BCUT2D eigenvalue weighted by atomic mass is 9.57. The second-order valence-electron chi connectivity index (χ2n) is 6.30. The van der Waals surface area contributed by atoms with Gasteiger partial charge in [-0.2, -0.15) is 0 Å². The molecule has 3 nitrogen and oxygen atoms in total. The van der Waals surface area contributed by atoms with Gasteiger partial charge in [0.05, 0.1) is 7.11 Å². The van der Waals surface area contributed by atoms with E-state index in [2.05, 4.69) is 6.58 Å². The lowest BCUT2D eigenvalue weighted by Gasteiger charge is -2.49. The van der Waals surface area contributed by atoms with Gasteiger partial charge in [-0.15, -0.1) is 6.58 Å². The van der Waals surface area contributed by atoms with Crippen LogP contribution in [0.5, 0.6) is 0 Å². The summed E-state index contributed by atoms with van der Waals surface area (Å²) in [5, 5.41) is 12.0. The number of fused-ring (bicyclic) bond motifs is 1. The summed E-state index contributed by atoms with van der Waals surface area (Å²) >= 11 is 0. The third-order valence-corrected chi connectivity index (χ3v) is 5.18. The van der Waals surface area contributed by atoms with E-state index in [4.69, 9.17) is 4.74 Å². The van der Waals surface area contributed by atoms with Gasteiger partial charge in [0.25, 0.3) is 0 Å². The Balaban J connectivity index is 2.34. The zero-order chi connectivity index (χ0) is 17.2. The van der Waals surface area contributed by atoms with Crippen LogP contribution in [0.1, 0.15) is 29.5 Å². The van der Waals surface area contributed by atoms with E-state index >= 15 is 0 Å². The highest BCUT2D eigenvalue weighted by molar-refractivity contribution is 5.81. The molecule has 0 saturated heterocycles. The Bertz CT molecular complexity index is 753. The van der Waals surface area contributed by atoms with Crippen LogP contribution in [0.15, 0.2) is 67.3 Å². The fraction of sp³-hybridized carbons (Fsp3) is 0.286. The van der Waals surface area contributed by atoms with Crippen molar-refractivity contribution in [2.75, 3.05) is 7.11 Å². The van der Waals surface area contributed by atoms with E-state index in [0.717, 1.165) is 11.1 Å². The molecule has 0 fully saturated rings. The van der Waals surface area contributed by atoms with Gasteiger partial charge >= 0.3 is 5.97 Å². The van der Waals surface area contributed by atoms with Gasteiger partial charge in [0, 0.05) is 0 Å². The summed E-state index contributed by atoms with van der Waals surface area (Å²) in [6, 6.07) is 17.2. The molecule has 0 aromatic heterocycles. The minimum Gasteiger partial charge on any atom is -0.468 e. The van der Waals surface area contributed by atoms with Crippen molar-refractivity contribution in [3.05, 3.63) is 83.9 Å². The maximum Gasteiger partial charge on any atom is 0.315 e. The first kappa shape index (κ1) is 16.5. The number of esters is 1. The molecule has 0 aliphatic heterocycles. The number of ether oxygens (including phenoxy) is 1. The molecule has 0 bridgehead atoms. The zero-order valence-corrected chi connectivity index (χ0v) is 13.9. The minimum atomic E-state index is -1.45. The fourth-order valence-electron chi connectivity index (χ4n) is 4.01. The summed E-state index contributed by atoms with van der Waals surface area (Å²) in [5.74, 6) is -0.400. The van der Waals surface area contributed by atoms with Gasteiger partial charge in [0.1, 0.15) is 11.0 Å². The normalized spacial score (nSPS) is 25.6. The summed E-state index contributed by atoms with van der Waals surface area (Å²) in [6.07, 6.45) is 3.26. The minimum absolute atomic E-state index is 0.347. The predicted octanol–water partition coefficient (Wildman–Crippen LogP) is 3.60. The molecule has 0 heterocycles. The smallest absolute Gasteiger partial charge is 0.315 e. The molecule has 0 spiro atoms. The van der Waals surface area contributed by atoms with Gasteiger partial charge < -0.3 is 9.84 Å². The average Bonchev–Trinajstić information content (AvgIpc) is 2.64. The maximum absolute atomic E-state index is 12.8. The average molecular weight is 322 g/mol.